The first-order chi connectivity index (χ1) is 7.15. The van der Waals surface area contributed by atoms with Crippen LogP contribution in [-0.2, 0) is 14.0 Å². The van der Waals surface area contributed by atoms with Crippen LogP contribution >= 0.6 is 0 Å². The molecular formula is C12H24O3Si. The Labute approximate surface area is 99.6 Å². The van der Waals surface area contributed by atoms with Crippen molar-refractivity contribution in [2.24, 2.45) is 5.92 Å². The Morgan fingerprint density at radius 3 is 2.31 bits per heavy atom. The van der Waals surface area contributed by atoms with Crippen molar-refractivity contribution in [1.29, 1.82) is 0 Å². The van der Waals surface area contributed by atoms with Crippen molar-refractivity contribution in [3.8, 4) is 0 Å². The highest BCUT2D eigenvalue weighted by Crippen LogP contribution is 2.37. The van der Waals surface area contributed by atoms with Crippen LogP contribution in [-0.4, -0.2) is 27.0 Å². The van der Waals surface area contributed by atoms with Crippen molar-refractivity contribution in [1.82, 2.24) is 0 Å². The second-order valence-corrected chi connectivity index (χ2v) is 11.0. The van der Waals surface area contributed by atoms with Crippen LogP contribution in [0.25, 0.3) is 0 Å². The molecule has 94 valence electrons. The van der Waals surface area contributed by atoms with Gasteiger partial charge in [0, 0.05) is 13.0 Å². The fourth-order valence-corrected chi connectivity index (χ4v) is 2.45. The number of esters is 1. The van der Waals surface area contributed by atoms with E-state index < -0.39 is 8.32 Å². The van der Waals surface area contributed by atoms with E-state index in [-0.39, 0.29) is 23.0 Å². The van der Waals surface area contributed by atoms with Crippen LogP contribution in [0.5, 0.6) is 0 Å². The van der Waals surface area contributed by atoms with Crippen molar-refractivity contribution in [2.45, 2.75) is 58.4 Å². The van der Waals surface area contributed by atoms with Crippen LogP contribution in [0.1, 0.15) is 34.1 Å². The molecule has 0 aromatic carbocycles. The second kappa shape index (κ2) is 4.49. The topological polar surface area (TPSA) is 35.5 Å². The average molecular weight is 244 g/mol. The molecule has 1 aliphatic rings. The predicted octanol–water partition coefficient (Wildman–Crippen LogP) is 2.96. The quantitative estimate of drug-likeness (QED) is 0.563. The molecular weight excluding hydrogens is 220 g/mol. The summed E-state index contributed by atoms with van der Waals surface area (Å²) in [7, 11) is -1.64. The average Bonchev–Trinajstić information content (AvgIpc) is 2.14. The van der Waals surface area contributed by atoms with E-state index in [2.05, 4.69) is 33.9 Å². The first-order valence-electron chi connectivity index (χ1n) is 5.99. The molecule has 3 nitrogen and oxygen atoms in total. The molecule has 0 aromatic rings. The number of cyclic esters (lactones) is 1. The van der Waals surface area contributed by atoms with E-state index in [1.54, 1.807) is 0 Å². The first-order valence-corrected chi connectivity index (χ1v) is 8.90. The lowest BCUT2D eigenvalue weighted by Crippen LogP contribution is -2.45. The minimum Gasteiger partial charge on any atom is -0.461 e. The van der Waals surface area contributed by atoms with Gasteiger partial charge in [0.2, 0.25) is 0 Å². The summed E-state index contributed by atoms with van der Waals surface area (Å²) >= 11 is 0. The van der Waals surface area contributed by atoms with Crippen molar-refractivity contribution in [2.75, 3.05) is 6.61 Å². The van der Waals surface area contributed by atoms with E-state index in [4.69, 9.17) is 9.16 Å². The van der Waals surface area contributed by atoms with Gasteiger partial charge < -0.3 is 9.16 Å². The van der Waals surface area contributed by atoms with E-state index in [0.29, 0.717) is 6.61 Å². The zero-order valence-corrected chi connectivity index (χ0v) is 12.3. The molecule has 0 unspecified atom stereocenters. The van der Waals surface area contributed by atoms with Gasteiger partial charge in [-0.1, -0.05) is 20.8 Å². The molecule has 0 bridgehead atoms. The number of carbonyl (C=O) groups excluding carboxylic acids is 1. The third-order valence-electron chi connectivity index (χ3n) is 3.87. The van der Waals surface area contributed by atoms with Crippen molar-refractivity contribution in [3.63, 3.8) is 0 Å². The standard InChI is InChI=1S/C12H24O3Si/c1-9-10(15-11(9)13)7-8-14-16(5,6)12(2,3)4/h9-10H,7-8H2,1-6H3/t9-,10+/m1/s1. The Hall–Kier alpha value is -0.353. The van der Waals surface area contributed by atoms with Crippen LogP contribution in [0, 0.1) is 5.92 Å². The lowest BCUT2D eigenvalue weighted by atomic mass is 9.97. The highest BCUT2D eigenvalue weighted by Gasteiger charge is 2.40. The van der Waals surface area contributed by atoms with Gasteiger partial charge >= 0.3 is 5.97 Å². The summed E-state index contributed by atoms with van der Waals surface area (Å²) in [5, 5.41) is 0.245. The molecule has 1 saturated heterocycles. The maximum Gasteiger partial charge on any atom is 0.312 e. The molecule has 0 radical (unpaired) electrons. The Morgan fingerprint density at radius 2 is 1.94 bits per heavy atom. The largest absolute Gasteiger partial charge is 0.461 e. The molecule has 4 heteroatoms. The van der Waals surface area contributed by atoms with Gasteiger partial charge in [-0.05, 0) is 25.1 Å². The Balaban J connectivity index is 2.28. The highest BCUT2D eigenvalue weighted by atomic mass is 28.4. The lowest BCUT2D eigenvalue weighted by Gasteiger charge is -2.38. The maximum absolute atomic E-state index is 10.9. The van der Waals surface area contributed by atoms with Gasteiger partial charge in [0.25, 0.3) is 0 Å². The first kappa shape index (κ1) is 13.7. The lowest BCUT2D eigenvalue weighted by molar-refractivity contribution is -0.183. The fraction of sp³-hybridized carbons (Fsp3) is 0.917. The molecule has 0 amide bonds. The fourth-order valence-electron chi connectivity index (χ4n) is 1.39. The summed E-state index contributed by atoms with van der Waals surface area (Å²) < 4.78 is 11.1. The van der Waals surface area contributed by atoms with Gasteiger partial charge in [0.05, 0.1) is 5.92 Å². The number of hydrogen-bond donors (Lipinski definition) is 0. The predicted molar refractivity (Wildman–Crippen MR) is 66.8 cm³/mol. The molecule has 0 saturated carbocycles. The second-order valence-electron chi connectivity index (χ2n) is 6.16. The van der Waals surface area contributed by atoms with E-state index >= 15 is 0 Å². The Kier molecular flexibility index (Phi) is 3.85. The number of rotatable bonds is 4. The molecule has 1 fully saturated rings. The van der Waals surface area contributed by atoms with Crippen LogP contribution in [0.15, 0.2) is 0 Å². The number of hydrogen-bond acceptors (Lipinski definition) is 3. The highest BCUT2D eigenvalue weighted by molar-refractivity contribution is 6.74. The van der Waals surface area contributed by atoms with Crippen molar-refractivity contribution >= 4 is 14.3 Å². The molecule has 0 aliphatic carbocycles. The molecule has 16 heavy (non-hydrogen) atoms. The normalized spacial score (nSPS) is 26.2. The summed E-state index contributed by atoms with van der Waals surface area (Å²) in [5.74, 6) is -0.0136. The van der Waals surface area contributed by atoms with Crippen LogP contribution < -0.4 is 0 Å². The molecule has 0 spiro atoms. The SMILES string of the molecule is C[C@H]1C(=O)O[C@H]1CCO[Si](C)(C)C(C)(C)C. The minimum absolute atomic E-state index is 0.0583. The van der Waals surface area contributed by atoms with Gasteiger partial charge in [-0.2, -0.15) is 0 Å². The number of ether oxygens (including phenoxy) is 1. The third kappa shape index (κ3) is 2.86. The maximum atomic E-state index is 10.9. The van der Waals surface area contributed by atoms with Gasteiger partial charge in [0.1, 0.15) is 6.10 Å². The van der Waals surface area contributed by atoms with Crippen LogP contribution in [0.4, 0.5) is 0 Å². The zero-order chi connectivity index (χ0) is 12.6. The van der Waals surface area contributed by atoms with Crippen molar-refractivity contribution < 1.29 is 14.0 Å². The van der Waals surface area contributed by atoms with Gasteiger partial charge in [-0.3, -0.25) is 4.79 Å². The van der Waals surface area contributed by atoms with E-state index in [1.807, 2.05) is 6.92 Å². The molecule has 0 aromatic heterocycles. The minimum atomic E-state index is -1.64. The van der Waals surface area contributed by atoms with E-state index in [1.165, 1.54) is 0 Å². The summed E-state index contributed by atoms with van der Waals surface area (Å²) in [5.41, 5.74) is 0. The van der Waals surface area contributed by atoms with Crippen molar-refractivity contribution in [3.05, 3.63) is 0 Å². The summed E-state index contributed by atoms with van der Waals surface area (Å²) in [6.45, 7) is 13.8. The van der Waals surface area contributed by atoms with Crippen LogP contribution in [0.2, 0.25) is 18.1 Å². The molecule has 0 N–H and O–H groups in total. The molecule has 2 atom stereocenters. The zero-order valence-electron chi connectivity index (χ0n) is 11.3. The monoisotopic (exact) mass is 244 g/mol. The molecule has 1 aliphatic heterocycles. The summed E-state index contributed by atoms with van der Waals surface area (Å²) in [6, 6.07) is 0. The van der Waals surface area contributed by atoms with Gasteiger partial charge in [-0.25, -0.2) is 0 Å². The third-order valence-corrected chi connectivity index (χ3v) is 8.41. The van der Waals surface area contributed by atoms with E-state index in [9.17, 15) is 4.79 Å². The summed E-state index contributed by atoms with van der Waals surface area (Å²) in [4.78, 5) is 10.9. The smallest absolute Gasteiger partial charge is 0.312 e. The summed E-state index contributed by atoms with van der Waals surface area (Å²) in [6.07, 6.45) is 0.914. The number of carbonyl (C=O) groups is 1. The Bertz CT molecular complexity index is 268. The molecule has 1 rings (SSSR count). The van der Waals surface area contributed by atoms with Crippen LogP contribution in [0.3, 0.4) is 0 Å². The van der Waals surface area contributed by atoms with Gasteiger partial charge in [0.15, 0.2) is 8.32 Å². The van der Waals surface area contributed by atoms with E-state index in [0.717, 1.165) is 6.42 Å². The Morgan fingerprint density at radius 1 is 1.38 bits per heavy atom. The molecule has 1 heterocycles. The van der Waals surface area contributed by atoms with Gasteiger partial charge in [-0.15, -0.1) is 0 Å².